The Morgan fingerprint density at radius 2 is 1.71 bits per heavy atom. The van der Waals surface area contributed by atoms with Crippen molar-refractivity contribution >= 4 is 34.9 Å². The van der Waals surface area contributed by atoms with Gasteiger partial charge in [0.05, 0.1) is 13.2 Å². The zero-order valence-electron chi connectivity index (χ0n) is 18.8. The number of rotatable bonds is 8. The van der Waals surface area contributed by atoms with Crippen LogP contribution < -0.4 is 10.1 Å². The van der Waals surface area contributed by atoms with Crippen molar-refractivity contribution in [2.75, 3.05) is 44.7 Å². The van der Waals surface area contributed by atoms with E-state index in [9.17, 15) is 4.79 Å². The highest BCUT2D eigenvalue weighted by atomic mass is 35.5. The highest BCUT2D eigenvalue weighted by Gasteiger charge is 2.18. The predicted octanol–water partition coefficient (Wildman–Crippen LogP) is 6.15. The predicted molar refractivity (Wildman–Crippen MR) is 136 cm³/mol. The molecule has 1 aliphatic heterocycles. The smallest absolute Gasteiger partial charge is 0.322 e. The van der Waals surface area contributed by atoms with Crippen LogP contribution in [0, 0.1) is 0 Å². The zero-order valence-corrected chi connectivity index (χ0v) is 20.3. The summed E-state index contributed by atoms with van der Waals surface area (Å²) < 4.78 is 11.4. The van der Waals surface area contributed by atoms with E-state index in [-0.39, 0.29) is 6.03 Å². The first-order chi connectivity index (χ1) is 16.5. The molecule has 1 aliphatic rings. The molecule has 0 aromatic heterocycles. The molecule has 0 spiro atoms. The molecule has 3 aromatic rings. The molecule has 3 aromatic carbocycles. The van der Waals surface area contributed by atoms with E-state index in [0.717, 1.165) is 38.4 Å². The van der Waals surface area contributed by atoms with Crippen LogP contribution in [0.3, 0.4) is 0 Å². The highest BCUT2D eigenvalue weighted by molar-refractivity contribution is 6.31. The standard InChI is InChI=1S/C26H27Cl2N3O3/c27-21-7-9-24(10-8-21)34-25-6-1-3-20(17-25)19-31(12-11-30-13-15-33-16-14-30)26(32)29-23-5-2-4-22(28)18-23/h1-10,17-18H,11-16,19H2,(H,29,32). The molecule has 0 atom stereocenters. The fraction of sp³-hybridized carbons (Fsp3) is 0.269. The Hall–Kier alpha value is -2.77. The van der Waals surface area contributed by atoms with Crippen molar-refractivity contribution in [2.45, 2.75) is 6.54 Å². The molecule has 2 amide bonds. The molecular formula is C26H27Cl2N3O3. The summed E-state index contributed by atoms with van der Waals surface area (Å²) in [5.74, 6) is 1.40. The molecule has 1 N–H and O–H groups in total. The van der Waals surface area contributed by atoms with Gasteiger partial charge in [0, 0.05) is 48.5 Å². The van der Waals surface area contributed by atoms with Gasteiger partial charge in [-0.15, -0.1) is 0 Å². The van der Waals surface area contributed by atoms with Crippen LogP contribution in [-0.2, 0) is 11.3 Å². The van der Waals surface area contributed by atoms with Gasteiger partial charge in [-0.1, -0.05) is 41.4 Å². The number of nitrogens with one attached hydrogen (secondary N) is 1. The average Bonchev–Trinajstić information content (AvgIpc) is 2.84. The molecule has 0 saturated carbocycles. The van der Waals surface area contributed by atoms with E-state index in [0.29, 0.717) is 40.3 Å². The Morgan fingerprint density at radius 3 is 2.47 bits per heavy atom. The summed E-state index contributed by atoms with van der Waals surface area (Å²) >= 11 is 12.1. The second-order valence-electron chi connectivity index (χ2n) is 8.02. The maximum Gasteiger partial charge on any atom is 0.322 e. The van der Waals surface area contributed by atoms with Crippen LogP contribution in [-0.4, -0.2) is 55.2 Å². The van der Waals surface area contributed by atoms with Gasteiger partial charge in [-0.3, -0.25) is 4.90 Å². The van der Waals surface area contributed by atoms with Gasteiger partial charge >= 0.3 is 6.03 Å². The van der Waals surface area contributed by atoms with E-state index in [4.69, 9.17) is 32.7 Å². The Morgan fingerprint density at radius 1 is 0.941 bits per heavy atom. The van der Waals surface area contributed by atoms with Crippen LogP contribution in [0.1, 0.15) is 5.56 Å². The van der Waals surface area contributed by atoms with E-state index in [1.165, 1.54) is 0 Å². The summed E-state index contributed by atoms with van der Waals surface area (Å²) in [6, 6.07) is 21.9. The van der Waals surface area contributed by atoms with E-state index < -0.39 is 0 Å². The second kappa shape index (κ2) is 12.1. The number of carbonyl (C=O) groups excluding carboxylic acids is 1. The molecular weight excluding hydrogens is 473 g/mol. The molecule has 0 unspecified atom stereocenters. The first-order valence-electron chi connectivity index (χ1n) is 11.2. The van der Waals surface area contributed by atoms with Crippen LogP contribution in [0.5, 0.6) is 11.5 Å². The Kier molecular flexibility index (Phi) is 8.66. The van der Waals surface area contributed by atoms with Crippen molar-refractivity contribution in [1.82, 2.24) is 9.80 Å². The van der Waals surface area contributed by atoms with Crippen molar-refractivity contribution in [2.24, 2.45) is 0 Å². The van der Waals surface area contributed by atoms with Gasteiger partial charge in [0.15, 0.2) is 0 Å². The van der Waals surface area contributed by atoms with Gasteiger partial charge in [-0.05, 0) is 60.2 Å². The number of ether oxygens (including phenoxy) is 2. The first-order valence-corrected chi connectivity index (χ1v) is 11.9. The van der Waals surface area contributed by atoms with E-state index in [1.807, 2.05) is 48.5 Å². The number of benzene rings is 3. The van der Waals surface area contributed by atoms with Crippen molar-refractivity contribution in [3.05, 3.63) is 88.4 Å². The van der Waals surface area contributed by atoms with E-state index in [1.54, 1.807) is 29.2 Å². The van der Waals surface area contributed by atoms with Gasteiger partial charge in [-0.25, -0.2) is 4.79 Å². The lowest BCUT2D eigenvalue weighted by atomic mass is 10.2. The van der Waals surface area contributed by atoms with E-state index in [2.05, 4.69) is 10.2 Å². The topological polar surface area (TPSA) is 54.0 Å². The summed E-state index contributed by atoms with van der Waals surface area (Å²) in [5.41, 5.74) is 1.63. The molecule has 0 aliphatic carbocycles. The van der Waals surface area contributed by atoms with Crippen molar-refractivity contribution in [3.8, 4) is 11.5 Å². The normalized spacial score (nSPS) is 13.9. The molecule has 1 fully saturated rings. The van der Waals surface area contributed by atoms with Gasteiger partial charge in [-0.2, -0.15) is 0 Å². The fourth-order valence-electron chi connectivity index (χ4n) is 3.67. The van der Waals surface area contributed by atoms with Crippen LogP contribution in [0.25, 0.3) is 0 Å². The molecule has 4 rings (SSSR count). The molecule has 0 radical (unpaired) electrons. The minimum absolute atomic E-state index is 0.181. The summed E-state index contributed by atoms with van der Waals surface area (Å²) in [5, 5.41) is 4.20. The van der Waals surface area contributed by atoms with Crippen LogP contribution in [0.15, 0.2) is 72.8 Å². The third kappa shape index (κ3) is 7.37. The number of hydrogen-bond donors (Lipinski definition) is 1. The highest BCUT2D eigenvalue weighted by Crippen LogP contribution is 2.24. The maximum atomic E-state index is 13.2. The third-order valence-electron chi connectivity index (χ3n) is 5.47. The van der Waals surface area contributed by atoms with Crippen LogP contribution in [0.2, 0.25) is 10.0 Å². The van der Waals surface area contributed by atoms with E-state index >= 15 is 0 Å². The largest absolute Gasteiger partial charge is 0.457 e. The SMILES string of the molecule is O=C(Nc1cccc(Cl)c1)N(CCN1CCOCC1)Cc1cccc(Oc2ccc(Cl)cc2)c1. The third-order valence-corrected chi connectivity index (χ3v) is 5.96. The number of hydrogen-bond acceptors (Lipinski definition) is 4. The van der Waals surface area contributed by atoms with Crippen molar-refractivity contribution in [1.29, 1.82) is 0 Å². The quantitative estimate of drug-likeness (QED) is 0.403. The van der Waals surface area contributed by atoms with Crippen LogP contribution >= 0.6 is 23.2 Å². The number of nitrogens with zero attached hydrogens (tertiary/aromatic N) is 2. The molecule has 0 bridgehead atoms. The Balaban J connectivity index is 1.46. The lowest BCUT2D eigenvalue weighted by Crippen LogP contribution is -2.44. The van der Waals surface area contributed by atoms with Gasteiger partial charge in [0.25, 0.3) is 0 Å². The Bertz CT molecular complexity index is 1090. The zero-order chi connectivity index (χ0) is 23.8. The summed E-state index contributed by atoms with van der Waals surface area (Å²) in [7, 11) is 0. The summed E-state index contributed by atoms with van der Waals surface area (Å²) in [6.45, 7) is 4.97. The molecule has 8 heteroatoms. The van der Waals surface area contributed by atoms with Gasteiger partial charge < -0.3 is 19.7 Å². The maximum absolute atomic E-state index is 13.2. The summed E-state index contributed by atoms with van der Waals surface area (Å²) in [4.78, 5) is 17.3. The first kappa shape index (κ1) is 24.4. The lowest BCUT2D eigenvalue weighted by molar-refractivity contribution is 0.0349. The number of amides is 2. The molecule has 34 heavy (non-hydrogen) atoms. The molecule has 1 saturated heterocycles. The summed E-state index contributed by atoms with van der Waals surface area (Å²) in [6.07, 6.45) is 0. The fourth-order valence-corrected chi connectivity index (χ4v) is 3.99. The molecule has 6 nitrogen and oxygen atoms in total. The molecule has 1 heterocycles. The minimum Gasteiger partial charge on any atom is -0.457 e. The number of carbonyl (C=O) groups is 1. The monoisotopic (exact) mass is 499 g/mol. The number of morpholine rings is 1. The lowest BCUT2D eigenvalue weighted by Gasteiger charge is -2.30. The number of halogens is 2. The van der Waals surface area contributed by atoms with Gasteiger partial charge in [0.2, 0.25) is 0 Å². The second-order valence-corrected chi connectivity index (χ2v) is 8.89. The number of anilines is 1. The van der Waals surface area contributed by atoms with Crippen molar-refractivity contribution < 1.29 is 14.3 Å². The van der Waals surface area contributed by atoms with Crippen molar-refractivity contribution in [3.63, 3.8) is 0 Å². The molecule has 178 valence electrons. The minimum atomic E-state index is -0.181. The number of urea groups is 1. The average molecular weight is 500 g/mol. The van der Waals surface area contributed by atoms with Gasteiger partial charge in [0.1, 0.15) is 11.5 Å². The Labute approximate surface area is 210 Å². The van der Waals surface area contributed by atoms with Crippen LogP contribution in [0.4, 0.5) is 10.5 Å².